The van der Waals surface area contributed by atoms with Crippen LogP contribution in [0.15, 0.2) is 29.4 Å². The molecule has 1 atom stereocenters. The quantitative estimate of drug-likeness (QED) is 0.320. The van der Waals surface area contributed by atoms with Crippen molar-refractivity contribution in [2.45, 2.75) is 19.0 Å². The zero-order valence-electron chi connectivity index (χ0n) is 9.12. The normalized spacial score (nSPS) is 14.5. The molecule has 1 aromatic carbocycles. The Morgan fingerprint density at radius 1 is 1.29 bits per heavy atom. The van der Waals surface area contributed by atoms with Crippen molar-refractivity contribution >= 4 is 5.84 Å². The first-order valence-electron chi connectivity index (χ1n) is 4.81. The molecule has 0 amide bonds. The molecule has 0 heterocycles. The molecule has 0 saturated carbocycles. The van der Waals surface area contributed by atoms with Crippen LogP contribution in [0.2, 0.25) is 0 Å². The summed E-state index contributed by atoms with van der Waals surface area (Å²) in [5, 5.41) is 3.41. The third kappa shape index (κ3) is 3.10. The molecule has 17 heavy (non-hydrogen) atoms. The Labute approximate surface area is 96.5 Å². The van der Waals surface area contributed by atoms with Crippen LogP contribution in [-0.2, 0) is 6.18 Å². The van der Waals surface area contributed by atoms with E-state index in [9.17, 15) is 13.2 Å². The van der Waals surface area contributed by atoms with Crippen molar-refractivity contribution in [1.29, 1.82) is 0 Å². The summed E-state index contributed by atoms with van der Waals surface area (Å²) in [6.07, 6.45) is -4.33. The van der Waals surface area contributed by atoms with E-state index in [0.717, 1.165) is 12.1 Å². The van der Waals surface area contributed by atoms with E-state index in [1.165, 1.54) is 12.1 Å². The monoisotopic (exact) mass is 246 g/mol. The van der Waals surface area contributed by atoms with Crippen LogP contribution in [0.25, 0.3) is 0 Å². The number of alkyl halides is 3. The van der Waals surface area contributed by atoms with Gasteiger partial charge in [-0.2, -0.15) is 18.3 Å². The van der Waals surface area contributed by atoms with Gasteiger partial charge in [0.15, 0.2) is 0 Å². The summed E-state index contributed by atoms with van der Waals surface area (Å²) in [6, 6.07) is 4.76. The van der Waals surface area contributed by atoms with Crippen LogP contribution in [0.1, 0.15) is 24.0 Å². The number of nitrogens with one attached hydrogen (secondary N) is 1. The van der Waals surface area contributed by atoms with Gasteiger partial charge in [0.05, 0.1) is 5.56 Å². The number of hydrazone groups is 1. The van der Waals surface area contributed by atoms with Crippen LogP contribution < -0.4 is 17.1 Å². The molecule has 7 heteroatoms. The van der Waals surface area contributed by atoms with Gasteiger partial charge in [-0.25, -0.2) is 5.84 Å². The second-order valence-electron chi connectivity index (χ2n) is 3.50. The Bertz CT molecular complexity index is 397. The molecule has 0 saturated heterocycles. The zero-order valence-corrected chi connectivity index (χ0v) is 9.12. The molecular formula is C10H13F3N4. The van der Waals surface area contributed by atoms with Crippen molar-refractivity contribution in [2.75, 3.05) is 0 Å². The number of nitrogens with two attached hydrogens (primary N) is 2. The molecule has 0 aliphatic heterocycles. The lowest BCUT2D eigenvalue weighted by Gasteiger charge is -2.14. The van der Waals surface area contributed by atoms with E-state index >= 15 is 0 Å². The second-order valence-corrected chi connectivity index (χ2v) is 3.50. The van der Waals surface area contributed by atoms with E-state index in [1.54, 1.807) is 6.92 Å². The standard InChI is InChI=1S/C10H13F3N4/c1-6(9(16-14)17-15)7-2-4-8(5-3-7)10(11,12)13/h2-6H,14-15H2,1H3,(H,16,17). The van der Waals surface area contributed by atoms with Gasteiger partial charge < -0.3 is 11.3 Å². The second kappa shape index (κ2) is 5.05. The number of amidine groups is 1. The highest BCUT2D eigenvalue weighted by Gasteiger charge is 2.30. The van der Waals surface area contributed by atoms with E-state index in [1.807, 2.05) is 0 Å². The topological polar surface area (TPSA) is 76.4 Å². The average Bonchev–Trinajstić information content (AvgIpc) is 2.29. The van der Waals surface area contributed by atoms with Gasteiger partial charge in [0, 0.05) is 5.92 Å². The molecule has 1 rings (SSSR count). The molecule has 0 aromatic heterocycles. The lowest BCUT2D eigenvalue weighted by molar-refractivity contribution is -0.137. The molecule has 0 bridgehead atoms. The number of rotatable bonds is 2. The van der Waals surface area contributed by atoms with Crippen LogP contribution in [-0.4, -0.2) is 5.84 Å². The molecule has 0 aliphatic rings. The molecule has 0 radical (unpaired) electrons. The highest BCUT2D eigenvalue weighted by molar-refractivity contribution is 5.87. The largest absolute Gasteiger partial charge is 0.416 e. The van der Waals surface area contributed by atoms with E-state index in [4.69, 9.17) is 11.7 Å². The Kier molecular flexibility index (Phi) is 3.95. The first-order valence-corrected chi connectivity index (χ1v) is 4.81. The molecule has 1 aromatic rings. The maximum Gasteiger partial charge on any atom is 0.416 e. The summed E-state index contributed by atoms with van der Waals surface area (Å²) in [5.74, 6) is 10.3. The Morgan fingerprint density at radius 3 is 2.18 bits per heavy atom. The van der Waals surface area contributed by atoms with Gasteiger partial charge in [-0.3, -0.25) is 0 Å². The van der Waals surface area contributed by atoms with Crippen molar-refractivity contribution < 1.29 is 13.2 Å². The molecule has 5 N–H and O–H groups in total. The van der Waals surface area contributed by atoms with Gasteiger partial charge >= 0.3 is 6.18 Å². The molecule has 0 fully saturated rings. The van der Waals surface area contributed by atoms with Gasteiger partial charge in [-0.1, -0.05) is 19.1 Å². The number of nitrogens with zero attached hydrogens (tertiary/aromatic N) is 1. The minimum atomic E-state index is -4.33. The smallest absolute Gasteiger partial charge is 0.322 e. The van der Waals surface area contributed by atoms with Crippen molar-refractivity contribution in [3.8, 4) is 0 Å². The summed E-state index contributed by atoms with van der Waals surface area (Å²) >= 11 is 0. The number of hydrogen-bond donors (Lipinski definition) is 3. The van der Waals surface area contributed by atoms with E-state index in [-0.39, 0.29) is 5.92 Å². The predicted octanol–water partition coefficient (Wildman–Crippen LogP) is 1.54. The zero-order chi connectivity index (χ0) is 13.1. The summed E-state index contributed by atoms with van der Waals surface area (Å²) in [4.78, 5) is 0. The average molecular weight is 246 g/mol. The van der Waals surface area contributed by atoms with Gasteiger partial charge in [0.2, 0.25) is 0 Å². The number of benzene rings is 1. The minimum Gasteiger partial charge on any atom is -0.322 e. The minimum absolute atomic E-state index is 0.296. The van der Waals surface area contributed by atoms with E-state index < -0.39 is 11.7 Å². The summed E-state index contributed by atoms with van der Waals surface area (Å²) in [6.45, 7) is 1.73. The summed E-state index contributed by atoms with van der Waals surface area (Å²) in [7, 11) is 0. The molecule has 94 valence electrons. The third-order valence-corrected chi connectivity index (χ3v) is 2.44. The van der Waals surface area contributed by atoms with Gasteiger partial charge in [0.25, 0.3) is 0 Å². The lowest BCUT2D eigenvalue weighted by atomic mass is 9.99. The number of hydrazine groups is 1. The lowest BCUT2D eigenvalue weighted by Crippen LogP contribution is -2.35. The van der Waals surface area contributed by atoms with Gasteiger partial charge in [0.1, 0.15) is 5.84 Å². The van der Waals surface area contributed by atoms with Gasteiger partial charge in [-0.15, -0.1) is 0 Å². The molecular weight excluding hydrogens is 233 g/mol. The van der Waals surface area contributed by atoms with Crippen molar-refractivity contribution in [3.05, 3.63) is 35.4 Å². The Balaban J connectivity index is 2.95. The summed E-state index contributed by atoms with van der Waals surface area (Å²) < 4.78 is 37.0. The summed E-state index contributed by atoms with van der Waals surface area (Å²) in [5.41, 5.74) is 2.24. The fourth-order valence-electron chi connectivity index (χ4n) is 1.39. The fourth-order valence-corrected chi connectivity index (χ4v) is 1.39. The van der Waals surface area contributed by atoms with Crippen LogP contribution in [0.5, 0.6) is 0 Å². The highest BCUT2D eigenvalue weighted by Crippen LogP contribution is 2.30. The third-order valence-electron chi connectivity index (χ3n) is 2.44. The van der Waals surface area contributed by atoms with Crippen LogP contribution in [0, 0.1) is 0 Å². The van der Waals surface area contributed by atoms with Crippen molar-refractivity contribution in [3.63, 3.8) is 0 Å². The number of hydrogen-bond acceptors (Lipinski definition) is 3. The predicted molar refractivity (Wildman–Crippen MR) is 58.8 cm³/mol. The molecule has 0 aliphatic carbocycles. The van der Waals surface area contributed by atoms with Crippen molar-refractivity contribution in [1.82, 2.24) is 5.43 Å². The molecule has 4 nitrogen and oxygen atoms in total. The highest BCUT2D eigenvalue weighted by atomic mass is 19.4. The van der Waals surface area contributed by atoms with Crippen LogP contribution in [0.3, 0.4) is 0 Å². The van der Waals surface area contributed by atoms with Crippen LogP contribution >= 0.6 is 0 Å². The Morgan fingerprint density at radius 2 is 1.82 bits per heavy atom. The first-order chi connectivity index (χ1) is 7.90. The van der Waals surface area contributed by atoms with Crippen molar-refractivity contribution in [2.24, 2.45) is 16.8 Å². The maximum absolute atomic E-state index is 12.3. The first kappa shape index (κ1) is 13.3. The van der Waals surface area contributed by atoms with E-state index in [2.05, 4.69) is 10.5 Å². The van der Waals surface area contributed by atoms with Gasteiger partial charge in [-0.05, 0) is 17.7 Å². The number of halogens is 3. The molecule has 1 unspecified atom stereocenters. The van der Waals surface area contributed by atoms with Crippen LogP contribution in [0.4, 0.5) is 13.2 Å². The fraction of sp³-hybridized carbons (Fsp3) is 0.300. The Hall–Kier alpha value is -1.76. The van der Waals surface area contributed by atoms with E-state index in [0.29, 0.717) is 11.4 Å². The SMILES string of the molecule is CC(/C(=N/N)NN)c1ccc(C(F)(F)F)cc1. The molecule has 0 spiro atoms. The maximum atomic E-state index is 12.3.